The van der Waals surface area contributed by atoms with Gasteiger partial charge in [0.15, 0.2) is 0 Å². The van der Waals surface area contributed by atoms with Crippen molar-refractivity contribution < 1.29 is 9.47 Å². The van der Waals surface area contributed by atoms with Gasteiger partial charge in [0.2, 0.25) is 0 Å². The summed E-state index contributed by atoms with van der Waals surface area (Å²) in [6, 6.07) is 9.30. The van der Waals surface area contributed by atoms with Crippen LogP contribution in [0.4, 0.5) is 0 Å². The number of nitrogens with two attached hydrogens (primary N) is 1. The molecule has 0 fully saturated rings. The summed E-state index contributed by atoms with van der Waals surface area (Å²) in [6.45, 7) is 2.11. The fraction of sp³-hybridized carbons (Fsp3) is 0.417. The van der Waals surface area contributed by atoms with Gasteiger partial charge in [0.05, 0.1) is 19.8 Å². The monoisotopic (exact) mass is 220 g/mol. The van der Waals surface area contributed by atoms with E-state index in [0.29, 0.717) is 13.0 Å². The van der Waals surface area contributed by atoms with E-state index < -0.39 is 5.54 Å². The van der Waals surface area contributed by atoms with Crippen LogP contribution in [0.2, 0.25) is 0 Å². The van der Waals surface area contributed by atoms with Gasteiger partial charge < -0.3 is 15.2 Å². The maximum absolute atomic E-state index is 8.71. The maximum Gasteiger partial charge on any atom is 0.119 e. The van der Waals surface area contributed by atoms with E-state index in [1.54, 1.807) is 14.0 Å². The quantitative estimate of drug-likeness (QED) is 0.820. The summed E-state index contributed by atoms with van der Waals surface area (Å²) in [6.07, 6.45) is 0.496. The van der Waals surface area contributed by atoms with Crippen molar-refractivity contribution in [3.63, 3.8) is 0 Å². The average molecular weight is 220 g/mol. The van der Waals surface area contributed by atoms with Crippen LogP contribution in [-0.2, 0) is 0 Å². The fourth-order valence-electron chi connectivity index (χ4n) is 1.11. The summed E-state index contributed by atoms with van der Waals surface area (Å²) in [5, 5.41) is 8.71. The standard InChI is InChI=1S/C12H16N2O2/c1-12(14,9-13)7-8-16-11-5-3-10(15-2)4-6-11/h3-6H,7-8,14H2,1-2H3. The molecule has 0 saturated carbocycles. The Bertz CT molecular complexity index is 366. The molecule has 1 rings (SSSR count). The van der Waals surface area contributed by atoms with E-state index in [0.717, 1.165) is 11.5 Å². The third kappa shape index (κ3) is 3.79. The van der Waals surface area contributed by atoms with Gasteiger partial charge in [-0.2, -0.15) is 5.26 Å². The summed E-state index contributed by atoms with van der Waals surface area (Å²) in [7, 11) is 1.61. The van der Waals surface area contributed by atoms with E-state index >= 15 is 0 Å². The number of benzene rings is 1. The lowest BCUT2D eigenvalue weighted by atomic mass is 10.0. The highest BCUT2D eigenvalue weighted by Crippen LogP contribution is 2.17. The van der Waals surface area contributed by atoms with Crippen LogP contribution in [-0.4, -0.2) is 19.3 Å². The topological polar surface area (TPSA) is 68.3 Å². The summed E-state index contributed by atoms with van der Waals surface area (Å²) < 4.78 is 10.5. The molecule has 0 spiro atoms. The van der Waals surface area contributed by atoms with Crippen molar-refractivity contribution in [2.75, 3.05) is 13.7 Å². The Morgan fingerprint density at radius 3 is 2.38 bits per heavy atom. The summed E-state index contributed by atoms with van der Waals surface area (Å²) in [5.74, 6) is 1.53. The fourth-order valence-corrected chi connectivity index (χ4v) is 1.11. The Morgan fingerprint density at radius 2 is 1.88 bits per heavy atom. The minimum Gasteiger partial charge on any atom is -0.497 e. The van der Waals surface area contributed by atoms with Gasteiger partial charge >= 0.3 is 0 Å². The first-order chi connectivity index (χ1) is 7.57. The second-order valence-electron chi connectivity index (χ2n) is 3.80. The predicted octanol–water partition coefficient (Wildman–Crippen LogP) is 1.71. The molecule has 0 aliphatic carbocycles. The van der Waals surface area contributed by atoms with Crippen LogP contribution in [0.25, 0.3) is 0 Å². The lowest BCUT2D eigenvalue weighted by molar-refractivity contribution is 0.285. The zero-order chi connectivity index (χ0) is 12.0. The predicted molar refractivity (Wildman–Crippen MR) is 61.3 cm³/mol. The van der Waals surface area contributed by atoms with Gasteiger partial charge in [0.25, 0.3) is 0 Å². The molecule has 16 heavy (non-hydrogen) atoms. The molecule has 0 aromatic heterocycles. The number of rotatable bonds is 5. The number of nitriles is 1. The Kier molecular flexibility index (Phi) is 4.15. The van der Waals surface area contributed by atoms with Crippen LogP contribution in [0.1, 0.15) is 13.3 Å². The largest absolute Gasteiger partial charge is 0.497 e. The van der Waals surface area contributed by atoms with Crippen molar-refractivity contribution >= 4 is 0 Å². The molecule has 0 aliphatic heterocycles. The van der Waals surface area contributed by atoms with Crippen LogP contribution in [0, 0.1) is 11.3 Å². The number of hydrogen-bond acceptors (Lipinski definition) is 4. The zero-order valence-corrected chi connectivity index (χ0v) is 9.56. The van der Waals surface area contributed by atoms with Crippen LogP contribution in [0.3, 0.4) is 0 Å². The highest BCUT2D eigenvalue weighted by molar-refractivity contribution is 5.31. The molecule has 0 saturated heterocycles. The van der Waals surface area contributed by atoms with Gasteiger partial charge in [0.1, 0.15) is 17.0 Å². The first kappa shape index (κ1) is 12.3. The van der Waals surface area contributed by atoms with Gasteiger partial charge in [-0.05, 0) is 31.2 Å². The van der Waals surface area contributed by atoms with Crippen molar-refractivity contribution in [2.24, 2.45) is 5.73 Å². The summed E-state index contributed by atoms with van der Waals surface area (Å²) in [5.41, 5.74) is 4.84. The van der Waals surface area contributed by atoms with Crippen molar-refractivity contribution in [1.29, 1.82) is 5.26 Å². The van der Waals surface area contributed by atoms with E-state index in [2.05, 4.69) is 0 Å². The number of hydrogen-bond donors (Lipinski definition) is 1. The molecule has 1 aromatic rings. The van der Waals surface area contributed by atoms with E-state index in [9.17, 15) is 0 Å². The van der Waals surface area contributed by atoms with E-state index in [4.69, 9.17) is 20.5 Å². The number of ether oxygens (including phenoxy) is 2. The molecule has 0 amide bonds. The SMILES string of the molecule is COc1ccc(OCCC(C)(N)C#N)cc1. The maximum atomic E-state index is 8.71. The first-order valence-electron chi connectivity index (χ1n) is 5.04. The first-order valence-corrected chi connectivity index (χ1v) is 5.04. The molecule has 4 heteroatoms. The highest BCUT2D eigenvalue weighted by atomic mass is 16.5. The number of methoxy groups -OCH3 is 1. The van der Waals surface area contributed by atoms with Gasteiger partial charge in [-0.3, -0.25) is 0 Å². The second kappa shape index (κ2) is 5.38. The highest BCUT2D eigenvalue weighted by Gasteiger charge is 2.16. The van der Waals surface area contributed by atoms with E-state index in [1.807, 2.05) is 30.3 Å². The lowest BCUT2D eigenvalue weighted by Gasteiger charge is -2.15. The van der Waals surface area contributed by atoms with Crippen molar-refractivity contribution in [3.05, 3.63) is 24.3 Å². The minimum atomic E-state index is -0.827. The van der Waals surface area contributed by atoms with Crippen molar-refractivity contribution in [1.82, 2.24) is 0 Å². The molecule has 0 aliphatic rings. The Labute approximate surface area is 95.6 Å². The van der Waals surface area contributed by atoms with Crippen LogP contribution < -0.4 is 15.2 Å². The van der Waals surface area contributed by atoms with Crippen molar-refractivity contribution in [3.8, 4) is 17.6 Å². The molecule has 4 nitrogen and oxygen atoms in total. The summed E-state index contributed by atoms with van der Waals surface area (Å²) >= 11 is 0. The molecular formula is C12H16N2O2. The number of nitrogens with zero attached hydrogens (tertiary/aromatic N) is 1. The molecule has 0 heterocycles. The molecule has 86 valence electrons. The molecule has 1 unspecified atom stereocenters. The lowest BCUT2D eigenvalue weighted by Crippen LogP contribution is -2.35. The van der Waals surface area contributed by atoms with Crippen LogP contribution in [0.15, 0.2) is 24.3 Å². The molecular weight excluding hydrogens is 204 g/mol. The zero-order valence-electron chi connectivity index (χ0n) is 9.56. The second-order valence-corrected chi connectivity index (χ2v) is 3.80. The summed E-state index contributed by atoms with van der Waals surface area (Å²) in [4.78, 5) is 0. The van der Waals surface area contributed by atoms with Gasteiger partial charge in [-0.25, -0.2) is 0 Å². The van der Waals surface area contributed by atoms with Crippen LogP contribution in [0.5, 0.6) is 11.5 Å². The molecule has 2 N–H and O–H groups in total. The Balaban J connectivity index is 2.41. The molecule has 1 aromatic carbocycles. The molecule has 1 atom stereocenters. The smallest absolute Gasteiger partial charge is 0.119 e. The van der Waals surface area contributed by atoms with E-state index in [1.165, 1.54) is 0 Å². The van der Waals surface area contributed by atoms with Crippen LogP contribution >= 0.6 is 0 Å². The average Bonchev–Trinajstić information content (AvgIpc) is 2.30. The van der Waals surface area contributed by atoms with Gasteiger partial charge in [-0.15, -0.1) is 0 Å². The normalized spacial score (nSPS) is 13.6. The Morgan fingerprint density at radius 1 is 1.31 bits per heavy atom. The molecule has 0 bridgehead atoms. The Hall–Kier alpha value is -1.73. The third-order valence-electron chi connectivity index (χ3n) is 2.20. The van der Waals surface area contributed by atoms with E-state index in [-0.39, 0.29) is 0 Å². The van der Waals surface area contributed by atoms with Gasteiger partial charge in [-0.1, -0.05) is 0 Å². The van der Waals surface area contributed by atoms with Crippen molar-refractivity contribution in [2.45, 2.75) is 18.9 Å². The minimum absolute atomic E-state index is 0.424. The third-order valence-corrected chi connectivity index (χ3v) is 2.20. The van der Waals surface area contributed by atoms with Gasteiger partial charge in [0, 0.05) is 6.42 Å². The molecule has 0 radical (unpaired) electrons.